The lowest BCUT2D eigenvalue weighted by molar-refractivity contribution is 0.146. The molecule has 7 nitrogen and oxygen atoms in total. The highest BCUT2D eigenvalue weighted by atomic mass is 19.3. The maximum atomic E-state index is 14.5. The van der Waals surface area contributed by atoms with Crippen molar-refractivity contribution in [2.75, 3.05) is 36.4 Å². The van der Waals surface area contributed by atoms with E-state index in [1.54, 1.807) is 18.6 Å². The molecule has 1 aliphatic rings. The fraction of sp³-hybridized carbons (Fsp3) is 0.348. The van der Waals surface area contributed by atoms with Crippen molar-refractivity contribution in [3.8, 4) is 0 Å². The number of anilines is 2. The van der Waals surface area contributed by atoms with Gasteiger partial charge in [-0.1, -0.05) is 32.0 Å². The number of nitrogens with zero attached hydrogens (tertiary/aromatic N) is 5. The third kappa shape index (κ3) is 4.56. The molecule has 1 fully saturated rings. The van der Waals surface area contributed by atoms with Crippen molar-refractivity contribution in [1.29, 1.82) is 0 Å². The second-order valence-electron chi connectivity index (χ2n) is 7.33. The maximum Gasteiger partial charge on any atom is 0.266 e. The highest BCUT2D eigenvalue weighted by Crippen LogP contribution is 2.28. The number of hydrogen-bond donors (Lipinski definition) is 2. The molecule has 0 unspecified atom stereocenters. The summed E-state index contributed by atoms with van der Waals surface area (Å²) in [6.07, 6.45) is 2.34. The van der Waals surface area contributed by atoms with E-state index in [2.05, 4.69) is 30.5 Å². The van der Waals surface area contributed by atoms with Crippen LogP contribution < -0.4 is 15.5 Å². The summed E-state index contributed by atoms with van der Waals surface area (Å²) in [5.41, 5.74) is 0.337. The van der Waals surface area contributed by atoms with Crippen molar-refractivity contribution in [3.05, 3.63) is 59.8 Å². The van der Waals surface area contributed by atoms with Gasteiger partial charge in [0.2, 0.25) is 5.78 Å². The number of benzene rings is 1. The van der Waals surface area contributed by atoms with Crippen LogP contribution in [0.25, 0.3) is 16.7 Å². The normalized spacial score (nSPS) is 13.9. The largest absolute Gasteiger partial charge is 0.365 e. The zero-order valence-corrected chi connectivity index (χ0v) is 18.5. The highest BCUT2D eigenvalue weighted by Gasteiger charge is 2.18. The summed E-state index contributed by atoms with van der Waals surface area (Å²) in [5, 5.41) is 7.22. The molecule has 0 radical (unpaired) electrons. The van der Waals surface area contributed by atoms with Crippen LogP contribution in [0.15, 0.2) is 42.9 Å². The van der Waals surface area contributed by atoms with Crippen molar-refractivity contribution < 1.29 is 13.2 Å². The molecule has 4 aromatic rings. The molecule has 0 spiro atoms. The standard InChI is InChI=1S/C21H20F3N7.C2H6/c22-18-13(2-1-3-14(18)19(23)24)11-28-20-15-10-17(30-7-4-25-5-8-30)27-12-16(15)31-9-6-26-21(31)29-20;1-2/h1-3,6,9-10,12,19,25H,4-5,7-8,11H2,(H,26,28,29);1-2H3. The van der Waals surface area contributed by atoms with Gasteiger partial charge in [0.15, 0.2) is 0 Å². The fourth-order valence-corrected chi connectivity index (χ4v) is 3.83. The predicted octanol–water partition coefficient (Wildman–Crippen LogP) is 4.40. The molecule has 1 saturated heterocycles. The van der Waals surface area contributed by atoms with Crippen LogP contribution in [0.2, 0.25) is 0 Å². The van der Waals surface area contributed by atoms with E-state index in [1.807, 2.05) is 24.3 Å². The summed E-state index contributed by atoms with van der Waals surface area (Å²) in [5.74, 6) is 0.881. The number of pyridine rings is 1. The number of hydrogen-bond acceptors (Lipinski definition) is 6. The Hall–Kier alpha value is -3.40. The monoisotopic (exact) mass is 457 g/mol. The van der Waals surface area contributed by atoms with Gasteiger partial charge in [-0.15, -0.1) is 0 Å². The lowest BCUT2D eigenvalue weighted by atomic mass is 10.1. The molecule has 2 N–H and O–H groups in total. The summed E-state index contributed by atoms with van der Waals surface area (Å²) in [4.78, 5) is 15.6. The Balaban J connectivity index is 0.00000126. The zero-order chi connectivity index (χ0) is 23.4. The number of fused-ring (bicyclic) bond motifs is 3. The Labute approximate surface area is 189 Å². The molecule has 1 aromatic carbocycles. The molecule has 1 aliphatic heterocycles. The summed E-state index contributed by atoms with van der Waals surface area (Å²) in [6.45, 7) is 7.45. The maximum absolute atomic E-state index is 14.5. The molecule has 0 amide bonds. The minimum Gasteiger partial charge on any atom is -0.365 e. The van der Waals surface area contributed by atoms with E-state index in [4.69, 9.17) is 0 Å². The first-order valence-electron chi connectivity index (χ1n) is 11.0. The predicted molar refractivity (Wildman–Crippen MR) is 123 cm³/mol. The second kappa shape index (κ2) is 10.0. The first-order chi connectivity index (χ1) is 16.1. The fourth-order valence-electron chi connectivity index (χ4n) is 3.83. The zero-order valence-electron chi connectivity index (χ0n) is 18.5. The Morgan fingerprint density at radius 1 is 1.15 bits per heavy atom. The van der Waals surface area contributed by atoms with Crippen LogP contribution in [0.3, 0.4) is 0 Å². The van der Waals surface area contributed by atoms with E-state index < -0.39 is 17.8 Å². The minimum atomic E-state index is -2.87. The summed E-state index contributed by atoms with van der Waals surface area (Å²) >= 11 is 0. The van der Waals surface area contributed by atoms with E-state index in [9.17, 15) is 13.2 Å². The van der Waals surface area contributed by atoms with Crippen molar-refractivity contribution in [3.63, 3.8) is 0 Å². The quantitative estimate of drug-likeness (QED) is 0.463. The van der Waals surface area contributed by atoms with Gasteiger partial charge >= 0.3 is 0 Å². The van der Waals surface area contributed by atoms with Crippen molar-refractivity contribution in [2.45, 2.75) is 26.8 Å². The van der Waals surface area contributed by atoms with Gasteiger partial charge < -0.3 is 15.5 Å². The molecule has 0 saturated carbocycles. The number of piperazine rings is 1. The first kappa shape index (κ1) is 22.8. The van der Waals surface area contributed by atoms with Crippen LogP contribution >= 0.6 is 0 Å². The number of nitrogens with one attached hydrogen (secondary N) is 2. The molecule has 174 valence electrons. The first-order valence-corrected chi connectivity index (χ1v) is 11.0. The molecular weight excluding hydrogens is 431 g/mol. The number of aromatic nitrogens is 4. The van der Waals surface area contributed by atoms with Gasteiger partial charge in [-0.05, 0) is 6.07 Å². The molecule has 0 aliphatic carbocycles. The SMILES string of the molecule is CC.Fc1c(CNc2nc3nccn3c3cnc(N4CCNCC4)cc23)cccc1C(F)F. The second-order valence-corrected chi connectivity index (χ2v) is 7.33. The van der Waals surface area contributed by atoms with Crippen LogP contribution in [0.5, 0.6) is 0 Å². The van der Waals surface area contributed by atoms with Crippen molar-refractivity contribution >= 4 is 28.3 Å². The van der Waals surface area contributed by atoms with Gasteiger partial charge in [-0.3, -0.25) is 4.40 Å². The average molecular weight is 458 g/mol. The van der Waals surface area contributed by atoms with Gasteiger partial charge in [-0.25, -0.2) is 23.1 Å². The molecular formula is C23H26F3N7. The third-order valence-corrected chi connectivity index (χ3v) is 5.45. The number of rotatable bonds is 5. The lowest BCUT2D eigenvalue weighted by Crippen LogP contribution is -2.43. The van der Waals surface area contributed by atoms with E-state index >= 15 is 0 Å². The van der Waals surface area contributed by atoms with Crippen molar-refractivity contribution in [2.24, 2.45) is 0 Å². The number of halogens is 3. The van der Waals surface area contributed by atoms with Crippen LogP contribution in [0.4, 0.5) is 24.8 Å². The van der Waals surface area contributed by atoms with E-state index in [0.29, 0.717) is 11.6 Å². The van der Waals surface area contributed by atoms with Gasteiger partial charge in [0.25, 0.3) is 6.43 Å². The van der Waals surface area contributed by atoms with E-state index in [1.165, 1.54) is 12.1 Å². The van der Waals surface area contributed by atoms with Crippen LogP contribution in [-0.2, 0) is 6.54 Å². The minimum absolute atomic E-state index is 0.0106. The molecule has 0 bridgehead atoms. The molecule has 0 atom stereocenters. The lowest BCUT2D eigenvalue weighted by Gasteiger charge is -2.28. The summed E-state index contributed by atoms with van der Waals surface area (Å²) in [7, 11) is 0. The molecule has 3 aromatic heterocycles. The Bertz CT molecular complexity index is 1240. The molecule has 10 heteroatoms. The number of alkyl halides is 2. The van der Waals surface area contributed by atoms with E-state index in [0.717, 1.165) is 49.0 Å². The average Bonchev–Trinajstić information content (AvgIpc) is 3.33. The van der Waals surface area contributed by atoms with Gasteiger partial charge in [-0.2, -0.15) is 4.98 Å². The topological polar surface area (TPSA) is 70.4 Å². The number of imidazole rings is 1. The Kier molecular flexibility index (Phi) is 6.93. The molecule has 33 heavy (non-hydrogen) atoms. The van der Waals surface area contributed by atoms with Gasteiger partial charge in [0.05, 0.1) is 17.3 Å². The third-order valence-electron chi connectivity index (χ3n) is 5.45. The van der Waals surface area contributed by atoms with Crippen LogP contribution in [0.1, 0.15) is 31.4 Å². The van der Waals surface area contributed by atoms with Crippen LogP contribution in [-0.4, -0.2) is 45.5 Å². The Morgan fingerprint density at radius 2 is 1.94 bits per heavy atom. The van der Waals surface area contributed by atoms with Crippen LogP contribution in [0, 0.1) is 5.82 Å². The molecule has 4 heterocycles. The summed E-state index contributed by atoms with van der Waals surface area (Å²) < 4.78 is 42.4. The molecule has 5 rings (SSSR count). The highest BCUT2D eigenvalue weighted by molar-refractivity contribution is 5.92. The Morgan fingerprint density at radius 3 is 2.70 bits per heavy atom. The summed E-state index contributed by atoms with van der Waals surface area (Å²) in [6, 6.07) is 5.95. The van der Waals surface area contributed by atoms with Gasteiger partial charge in [0.1, 0.15) is 17.5 Å². The smallest absolute Gasteiger partial charge is 0.266 e. The van der Waals surface area contributed by atoms with Gasteiger partial charge in [0, 0.05) is 56.1 Å². The van der Waals surface area contributed by atoms with E-state index in [-0.39, 0.29) is 12.1 Å². The van der Waals surface area contributed by atoms with Crippen molar-refractivity contribution in [1.82, 2.24) is 24.7 Å².